The number of hydrogen-bond donors (Lipinski definition) is 2. The lowest BCUT2D eigenvalue weighted by molar-refractivity contribution is -0.135. The van der Waals surface area contributed by atoms with Gasteiger partial charge >= 0.3 is 0 Å². The molecule has 4 nitrogen and oxygen atoms in total. The Hall–Kier alpha value is -0.610. The summed E-state index contributed by atoms with van der Waals surface area (Å²) in [7, 11) is 0. The fourth-order valence-corrected chi connectivity index (χ4v) is 1.99. The minimum absolute atomic E-state index is 0.0799. The molecule has 0 spiro atoms. The van der Waals surface area contributed by atoms with Crippen LogP contribution in [0.4, 0.5) is 0 Å². The lowest BCUT2D eigenvalue weighted by Crippen LogP contribution is -2.37. The number of hydrogen-bond acceptors (Lipinski definition) is 3. The third-order valence-corrected chi connectivity index (χ3v) is 2.64. The monoisotopic (exact) mass is 170 g/mol. The average Bonchev–Trinajstić information content (AvgIpc) is 2.30. The van der Waals surface area contributed by atoms with Crippen molar-refractivity contribution in [3.63, 3.8) is 0 Å². The van der Waals surface area contributed by atoms with Crippen LogP contribution in [0.2, 0.25) is 0 Å². The van der Waals surface area contributed by atoms with Gasteiger partial charge in [-0.1, -0.05) is 0 Å². The van der Waals surface area contributed by atoms with E-state index in [1.54, 1.807) is 0 Å². The second-order valence-electron chi connectivity index (χ2n) is 3.49. The molecule has 0 radical (unpaired) electrons. The average molecular weight is 170 g/mol. The summed E-state index contributed by atoms with van der Waals surface area (Å²) in [6, 6.07) is 0.231. The smallest absolute Gasteiger partial charge is 0.251 e. The van der Waals surface area contributed by atoms with E-state index >= 15 is 0 Å². The van der Waals surface area contributed by atoms with E-state index in [9.17, 15) is 9.90 Å². The highest BCUT2D eigenvalue weighted by atomic mass is 16.3. The minimum atomic E-state index is -0.741. The van der Waals surface area contributed by atoms with Gasteiger partial charge in [-0.3, -0.25) is 4.79 Å². The van der Waals surface area contributed by atoms with E-state index in [0.29, 0.717) is 6.42 Å². The Morgan fingerprint density at radius 1 is 1.58 bits per heavy atom. The van der Waals surface area contributed by atoms with Crippen LogP contribution in [0, 0.1) is 0 Å². The zero-order valence-corrected chi connectivity index (χ0v) is 6.99. The first-order valence-corrected chi connectivity index (χ1v) is 4.48. The van der Waals surface area contributed by atoms with E-state index in [1.807, 2.05) is 4.90 Å². The molecule has 0 saturated carbocycles. The van der Waals surface area contributed by atoms with Crippen molar-refractivity contribution in [2.24, 2.45) is 0 Å². The number of nitrogens with zero attached hydrogens (tertiary/aromatic N) is 1. The van der Waals surface area contributed by atoms with Crippen molar-refractivity contribution in [3.8, 4) is 0 Å². The van der Waals surface area contributed by atoms with Crippen LogP contribution in [0.3, 0.4) is 0 Å². The quantitative estimate of drug-likeness (QED) is 0.487. The summed E-state index contributed by atoms with van der Waals surface area (Å²) in [6.45, 7) is 2.62. The van der Waals surface area contributed by atoms with Crippen molar-refractivity contribution in [2.45, 2.75) is 25.0 Å². The Balaban J connectivity index is 2.09. The second kappa shape index (κ2) is 3.03. The van der Waals surface area contributed by atoms with Crippen molar-refractivity contribution >= 4 is 5.91 Å². The van der Waals surface area contributed by atoms with Gasteiger partial charge in [-0.25, -0.2) is 0 Å². The molecule has 4 heteroatoms. The molecule has 2 rings (SSSR count). The van der Waals surface area contributed by atoms with Crippen LogP contribution >= 0.6 is 0 Å². The molecule has 0 aliphatic carbocycles. The maximum Gasteiger partial charge on any atom is 0.251 e. The summed E-state index contributed by atoms with van der Waals surface area (Å²) in [5.74, 6) is -0.0799. The normalized spacial score (nSPS) is 36.4. The van der Waals surface area contributed by atoms with Crippen molar-refractivity contribution in [2.75, 3.05) is 19.6 Å². The topological polar surface area (TPSA) is 52.6 Å². The number of carbonyl (C=O) groups is 1. The molecule has 2 unspecified atom stereocenters. The molecule has 2 atom stereocenters. The summed E-state index contributed by atoms with van der Waals surface area (Å²) >= 11 is 0. The molecule has 2 aliphatic rings. The van der Waals surface area contributed by atoms with E-state index < -0.39 is 6.10 Å². The number of amides is 1. The first kappa shape index (κ1) is 8.01. The molecule has 68 valence electrons. The Labute approximate surface area is 71.5 Å². The van der Waals surface area contributed by atoms with Gasteiger partial charge in [0.2, 0.25) is 0 Å². The lowest BCUT2D eigenvalue weighted by Gasteiger charge is -2.20. The first-order valence-electron chi connectivity index (χ1n) is 4.48. The van der Waals surface area contributed by atoms with Crippen LogP contribution in [-0.4, -0.2) is 47.7 Å². The Morgan fingerprint density at radius 3 is 3.25 bits per heavy atom. The molecule has 1 amide bonds. The molecule has 2 N–H and O–H groups in total. The molecule has 2 aliphatic heterocycles. The molecular weight excluding hydrogens is 156 g/mol. The Kier molecular flexibility index (Phi) is 2.02. The largest absolute Gasteiger partial charge is 0.383 e. The Morgan fingerprint density at radius 2 is 2.42 bits per heavy atom. The molecule has 2 heterocycles. The third kappa shape index (κ3) is 1.21. The minimum Gasteiger partial charge on any atom is -0.383 e. The summed E-state index contributed by atoms with van der Waals surface area (Å²) in [6.07, 6.45) is 0.857. The van der Waals surface area contributed by atoms with Gasteiger partial charge in [0, 0.05) is 25.6 Å². The second-order valence-corrected chi connectivity index (χ2v) is 3.49. The van der Waals surface area contributed by atoms with Crippen LogP contribution in [-0.2, 0) is 4.79 Å². The highest BCUT2D eigenvalue weighted by Gasteiger charge is 2.38. The predicted octanol–water partition coefficient (Wildman–Crippen LogP) is -1.06. The fourth-order valence-electron chi connectivity index (χ4n) is 1.99. The molecule has 0 aromatic heterocycles. The van der Waals surface area contributed by atoms with Gasteiger partial charge in [0.1, 0.15) is 6.10 Å². The van der Waals surface area contributed by atoms with Gasteiger partial charge in [-0.05, 0) is 13.0 Å². The van der Waals surface area contributed by atoms with Crippen molar-refractivity contribution in [1.29, 1.82) is 0 Å². The standard InChI is InChI=1S/C8H14N2O2/c11-7-4-6-5-9-2-1-3-10(6)8(7)12/h6-7,9,11H,1-5H2. The molecule has 0 aromatic carbocycles. The summed E-state index contributed by atoms with van der Waals surface area (Å²) in [4.78, 5) is 13.2. The van der Waals surface area contributed by atoms with Crippen molar-refractivity contribution in [3.05, 3.63) is 0 Å². The van der Waals surface area contributed by atoms with Gasteiger partial charge in [0.15, 0.2) is 0 Å². The van der Waals surface area contributed by atoms with E-state index in [2.05, 4.69) is 5.32 Å². The zero-order chi connectivity index (χ0) is 8.55. The van der Waals surface area contributed by atoms with E-state index in [-0.39, 0.29) is 11.9 Å². The molecule has 2 saturated heterocycles. The molecule has 2 fully saturated rings. The molecular formula is C8H14N2O2. The summed E-state index contributed by atoms with van der Waals surface area (Å²) < 4.78 is 0. The maximum absolute atomic E-state index is 11.3. The van der Waals surface area contributed by atoms with Crippen LogP contribution < -0.4 is 5.32 Å². The van der Waals surface area contributed by atoms with Crippen molar-refractivity contribution < 1.29 is 9.90 Å². The fraction of sp³-hybridized carbons (Fsp3) is 0.875. The number of fused-ring (bicyclic) bond motifs is 1. The molecule has 0 bridgehead atoms. The lowest BCUT2D eigenvalue weighted by atomic mass is 10.2. The van der Waals surface area contributed by atoms with Crippen LogP contribution in [0.5, 0.6) is 0 Å². The highest BCUT2D eigenvalue weighted by Crippen LogP contribution is 2.20. The van der Waals surface area contributed by atoms with Crippen LogP contribution in [0.1, 0.15) is 12.8 Å². The predicted molar refractivity (Wildman–Crippen MR) is 43.6 cm³/mol. The van der Waals surface area contributed by atoms with Gasteiger partial charge in [-0.15, -0.1) is 0 Å². The molecule has 0 aromatic rings. The zero-order valence-electron chi connectivity index (χ0n) is 6.99. The van der Waals surface area contributed by atoms with Gasteiger partial charge in [-0.2, -0.15) is 0 Å². The number of rotatable bonds is 0. The number of aliphatic hydroxyl groups excluding tert-OH is 1. The third-order valence-electron chi connectivity index (χ3n) is 2.64. The first-order chi connectivity index (χ1) is 5.79. The maximum atomic E-state index is 11.3. The highest BCUT2D eigenvalue weighted by molar-refractivity contribution is 5.83. The van der Waals surface area contributed by atoms with Crippen molar-refractivity contribution in [1.82, 2.24) is 10.2 Å². The Bertz CT molecular complexity index is 195. The number of nitrogens with one attached hydrogen (secondary N) is 1. The summed E-state index contributed by atoms with van der Waals surface area (Å²) in [5.41, 5.74) is 0. The van der Waals surface area contributed by atoms with E-state index in [1.165, 1.54) is 0 Å². The van der Waals surface area contributed by atoms with E-state index in [4.69, 9.17) is 0 Å². The van der Waals surface area contributed by atoms with E-state index in [0.717, 1.165) is 26.1 Å². The van der Waals surface area contributed by atoms with Crippen LogP contribution in [0.25, 0.3) is 0 Å². The van der Waals surface area contributed by atoms with Crippen LogP contribution in [0.15, 0.2) is 0 Å². The van der Waals surface area contributed by atoms with Gasteiger partial charge < -0.3 is 15.3 Å². The summed E-state index contributed by atoms with van der Waals surface area (Å²) in [5, 5.41) is 12.6. The number of carbonyl (C=O) groups excluding carboxylic acids is 1. The SMILES string of the molecule is O=C1C(O)CC2CNCCCN12. The molecule has 12 heavy (non-hydrogen) atoms. The number of aliphatic hydroxyl groups is 1. The van der Waals surface area contributed by atoms with Gasteiger partial charge in [0.25, 0.3) is 5.91 Å². The van der Waals surface area contributed by atoms with Gasteiger partial charge in [0.05, 0.1) is 0 Å².